The Balaban J connectivity index is 2.44. The third kappa shape index (κ3) is 5.04. The van der Waals surface area contributed by atoms with Gasteiger partial charge in [-0.2, -0.15) is 0 Å². The van der Waals surface area contributed by atoms with E-state index < -0.39 is 0 Å². The zero-order valence-electron chi connectivity index (χ0n) is 10.5. The Labute approximate surface area is 124 Å². The molecule has 0 aliphatic rings. The number of nitrogens with one attached hydrogen (secondary N) is 2. The number of carbonyl (C=O) groups excluding carboxylic acids is 2. The molecular weight excluding hydrogens is 336 g/mol. The maximum absolute atomic E-state index is 11.8. The van der Waals surface area contributed by atoms with E-state index in [1.165, 1.54) is 11.1 Å². The Kier molecular flexibility index (Phi) is 6.04. The molecule has 0 aliphatic heterocycles. The molecule has 0 fully saturated rings. The van der Waals surface area contributed by atoms with Crippen molar-refractivity contribution in [3.63, 3.8) is 0 Å². The number of nitrogens with zero attached hydrogens (tertiary/aromatic N) is 2. The highest BCUT2D eigenvalue weighted by molar-refractivity contribution is 9.10. The zero-order valence-corrected chi connectivity index (χ0v) is 12.9. The second-order valence-corrected chi connectivity index (χ2v) is 5.15. The van der Waals surface area contributed by atoms with Gasteiger partial charge >= 0.3 is 6.03 Å². The van der Waals surface area contributed by atoms with Crippen molar-refractivity contribution in [1.82, 2.24) is 20.5 Å². The number of carbonyl (C=O) groups is 2. The highest BCUT2D eigenvalue weighted by Crippen LogP contribution is 2.17. The molecule has 0 spiro atoms. The van der Waals surface area contributed by atoms with Crippen LogP contribution in [0.5, 0.6) is 0 Å². The zero-order chi connectivity index (χ0) is 14.4. The van der Waals surface area contributed by atoms with E-state index in [9.17, 15) is 9.59 Å². The number of hydrogen-bond acceptors (Lipinski definition) is 3. The van der Waals surface area contributed by atoms with Crippen LogP contribution >= 0.6 is 27.5 Å². The molecule has 1 rings (SSSR count). The van der Waals surface area contributed by atoms with Crippen LogP contribution in [0, 0.1) is 0 Å². The van der Waals surface area contributed by atoms with Crippen molar-refractivity contribution in [2.45, 2.75) is 0 Å². The molecule has 104 valence electrons. The second-order valence-electron chi connectivity index (χ2n) is 3.87. The molecule has 0 bridgehead atoms. The van der Waals surface area contributed by atoms with Gasteiger partial charge in [-0.1, -0.05) is 11.6 Å². The number of hydrogen-bond donors (Lipinski definition) is 2. The molecule has 8 heteroatoms. The van der Waals surface area contributed by atoms with Crippen LogP contribution < -0.4 is 10.6 Å². The highest BCUT2D eigenvalue weighted by atomic mass is 79.9. The Morgan fingerprint density at radius 3 is 2.63 bits per heavy atom. The summed E-state index contributed by atoms with van der Waals surface area (Å²) in [4.78, 5) is 28.3. The lowest BCUT2D eigenvalue weighted by atomic mass is 10.2. The maximum atomic E-state index is 11.8. The molecule has 0 saturated heterocycles. The van der Waals surface area contributed by atoms with Gasteiger partial charge in [-0.05, 0) is 22.0 Å². The van der Waals surface area contributed by atoms with Crippen molar-refractivity contribution in [2.24, 2.45) is 0 Å². The standard InChI is InChI=1S/C11H14BrClN4O2/c1-17(2)11(19)15-4-3-14-10(18)8-5-7(12)6-16-9(8)13/h5-6H,3-4H2,1-2H3,(H,14,18)(H,15,19). The fourth-order valence-electron chi connectivity index (χ4n) is 1.18. The fourth-order valence-corrected chi connectivity index (χ4v) is 1.70. The van der Waals surface area contributed by atoms with E-state index in [2.05, 4.69) is 31.5 Å². The van der Waals surface area contributed by atoms with Gasteiger partial charge in [0.05, 0.1) is 5.56 Å². The van der Waals surface area contributed by atoms with Crippen molar-refractivity contribution in [3.05, 3.63) is 27.5 Å². The van der Waals surface area contributed by atoms with Crippen LogP contribution in [0.3, 0.4) is 0 Å². The average Bonchev–Trinajstić information content (AvgIpc) is 2.36. The van der Waals surface area contributed by atoms with Gasteiger partial charge in [0.2, 0.25) is 0 Å². The lowest BCUT2D eigenvalue weighted by Gasteiger charge is -2.12. The van der Waals surface area contributed by atoms with Gasteiger partial charge in [0.1, 0.15) is 5.15 Å². The van der Waals surface area contributed by atoms with E-state index in [4.69, 9.17) is 11.6 Å². The van der Waals surface area contributed by atoms with E-state index in [0.29, 0.717) is 17.6 Å². The van der Waals surface area contributed by atoms with Crippen LogP contribution in [0.4, 0.5) is 4.79 Å². The summed E-state index contributed by atoms with van der Waals surface area (Å²) in [6.07, 6.45) is 1.51. The Morgan fingerprint density at radius 1 is 1.37 bits per heavy atom. The monoisotopic (exact) mass is 348 g/mol. The van der Waals surface area contributed by atoms with Gasteiger partial charge in [0.25, 0.3) is 5.91 Å². The first kappa shape index (κ1) is 15.7. The molecule has 1 aromatic rings. The molecule has 19 heavy (non-hydrogen) atoms. The topological polar surface area (TPSA) is 74.3 Å². The van der Waals surface area contributed by atoms with Crippen LogP contribution in [0.25, 0.3) is 0 Å². The highest BCUT2D eigenvalue weighted by Gasteiger charge is 2.11. The van der Waals surface area contributed by atoms with E-state index >= 15 is 0 Å². The van der Waals surface area contributed by atoms with Crippen LogP contribution in [0.1, 0.15) is 10.4 Å². The molecule has 0 atom stereocenters. The van der Waals surface area contributed by atoms with Crippen molar-refractivity contribution in [2.75, 3.05) is 27.2 Å². The summed E-state index contributed by atoms with van der Waals surface area (Å²) in [5, 5.41) is 5.41. The largest absolute Gasteiger partial charge is 0.350 e. The van der Waals surface area contributed by atoms with Gasteiger partial charge in [-0.15, -0.1) is 0 Å². The quantitative estimate of drug-likeness (QED) is 0.639. The maximum Gasteiger partial charge on any atom is 0.316 e. The summed E-state index contributed by atoms with van der Waals surface area (Å²) in [6.45, 7) is 0.642. The lowest BCUT2D eigenvalue weighted by Crippen LogP contribution is -2.39. The van der Waals surface area contributed by atoms with Gasteiger partial charge in [0, 0.05) is 37.9 Å². The molecule has 1 aromatic heterocycles. The molecule has 0 unspecified atom stereocenters. The predicted octanol–water partition coefficient (Wildman–Crippen LogP) is 1.50. The average molecular weight is 350 g/mol. The smallest absolute Gasteiger partial charge is 0.316 e. The van der Waals surface area contributed by atoms with Crippen molar-refractivity contribution < 1.29 is 9.59 Å². The summed E-state index contributed by atoms with van der Waals surface area (Å²) in [7, 11) is 3.28. The predicted molar refractivity (Wildman–Crippen MR) is 76.4 cm³/mol. The molecule has 1 heterocycles. The molecule has 6 nitrogen and oxygen atoms in total. The van der Waals surface area contributed by atoms with Crippen molar-refractivity contribution >= 4 is 39.5 Å². The summed E-state index contributed by atoms with van der Waals surface area (Å²) in [6, 6.07) is 1.37. The summed E-state index contributed by atoms with van der Waals surface area (Å²) >= 11 is 9.04. The number of pyridine rings is 1. The minimum absolute atomic E-state index is 0.137. The Hall–Kier alpha value is -1.34. The van der Waals surface area contributed by atoms with E-state index in [0.717, 1.165) is 0 Å². The molecule has 0 saturated carbocycles. The number of halogens is 2. The van der Waals surface area contributed by atoms with E-state index in [1.807, 2.05) is 0 Å². The summed E-state index contributed by atoms with van der Waals surface area (Å²) in [5.74, 6) is -0.335. The Bertz CT molecular complexity index is 482. The first-order valence-corrected chi connectivity index (χ1v) is 6.63. The fraction of sp³-hybridized carbons (Fsp3) is 0.364. The van der Waals surface area contributed by atoms with Gasteiger partial charge < -0.3 is 15.5 Å². The third-order valence-corrected chi connectivity index (χ3v) is 2.88. The van der Waals surface area contributed by atoms with Crippen LogP contribution in [0.15, 0.2) is 16.7 Å². The van der Waals surface area contributed by atoms with Crippen LogP contribution in [0.2, 0.25) is 5.15 Å². The van der Waals surface area contributed by atoms with Gasteiger partial charge in [-0.3, -0.25) is 4.79 Å². The first-order chi connectivity index (χ1) is 8.91. The minimum Gasteiger partial charge on any atom is -0.350 e. The normalized spacial score (nSPS) is 9.89. The van der Waals surface area contributed by atoms with E-state index in [1.54, 1.807) is 20.2 Å². The molecule has 3 amide bonds. The Morgan fingerprint density at radius 2 is 2.00 bits per heavy atom. The SMILES string of the molecule is CN(C)C(=O)NCCNC(=O)c1cc(Br)cnc1Cl. The molecule has 0 aromatic carbocycles. The second kappa shape index (κ2) is 7.30. The molecule has 0 radical (unpaired) electrons. The summed E-state index contributed by atoms with van der Waals surface area (Å²) < 4.78 is 0.669. The number of rotatable bonds is 4. The van der Waals surface area contributed by atoms with Crippen molar-refractivity contribution in [3.8, 4) is 0 Å². The molecular formula is C11H14BrClN4O2. The van der Waals surface area contributed by atoms with Gasteiger partial charge in [-0.25, -0.2) is 9.78 Å². The number of urea groups is 1. The van der Waals surface area contributed by atoms with E-state index in [-0.39, 0.29) is 22.7 Å². The lowest BCUT2D eigenvalue weighted by molar-refractivity contribution is 0.0953. The van der Waals surface area contributed by atoms with Crippen LogP contribution in [-0.4, -0.2) is 49.0 Å². The first-order valence-electron chi connectivity index (χ1n) is 5.46. The molecule has 0 aliphatic carbocycles. The number of amides is 3. The number of aromatic nitrogens is 1. The van der Waals surface area contributed by atoms with Gasteiger partial charge in [0.15, 0.2) is 0 Å². The van der Waals surface area contributed by atoms with Crippen molar-refractivity contribution in [1.29, 1.82) is 0 Å². The van der Waals surface area contributed by atoms with Crippen LogP contribution in [-0.2, 0) is 0 Å². The minimum atomic E-state index is -0.335. The third-order valence-electron chi connectivity index (χ3n) is 2.14. The molecule has 2 N–H and O–H groups in total. The summed E-state index contributed by atoms with van der Waals surface area (Å²) in [5.41, 5.74) is 0.287.